The molecule has 2 rings (SSSR count). The molecule has 0 aromatic heterocycles. The van der Waals surface area contributed by atoms with Crippen LogP contribution in [0.4, 0.5) is 18.9 Å². The average molecular weight is 273 g/mol. The Kier molecular flexibility index (Phi) is 3.43. The van der Waals surface area contributed by atoms with Crippen LogP contribution in [0.5, 0.6) is 5.75 Å². The second kappa shape index (κ2) is 4.75. The fourth-order valence-corrected chi connectivity index (χ4v) is 1.93. The summed E-state index contributed by atoms with van der Waals surface area (Å²) in [6.07, 6.45) is -4.43. The number of carbonyl (C=O) groups excluding carboxylic acids is 1. The van der Waals surface area contributed by atoms with Gasteiger partial charge in [-0.2, -0.15) is 13.2 Å². The summed E-state index contributed by atoms with van der Waals surface area (Å²) in [5.41, 5.74) is -0.585. The van der Waals surface area contributed by atoms with Crippen molar-refractivity contribution in [3.63, 3.8) is 0 Å². The minimum Gasteiger partial charge on any atom is -0.490 e. The van der Waals surface area contributed by atoms with Crippen LogP contribution in [-0.2, 0) is 11.0 Å². The van der Waals surface area contributed by atoms with Crippen LogP contribution in [0.1, 0.15) is 19.4 Å². The molecule has 1 aromatic rings. The Bertz CT molecular complexity index is 497. The third kappa shape index (κ3) is 2.67. The van der Waals surface area contributed by atoms with Gasteiger partial charge in [0.05, 0.1) is 17.8 Å². The zero-order chi connectivity index (χ0) is 14.2. The number of ether oxygens (including phenoxy) is 1. The van der Waals surface area contributed by atoms with E-state index in [1.165, 1.54) is 11.0 Å². The lowest BCUT2D eigenvalue weighted by atomic mass is 10.1. The van der Waals surface area contributed by atoms with Crippen LogP contribution >= 0.6 is 0 Å². The summed E-state index contributed by atoms with van der Waals surface area (Å²) in [7, 11) is 0. The first-order valence-electron chi connectivity index (χ1n) is 5.96. The predicted octanol–water partition coefficient (Wildman–Crippen LogP) is 3.09. The van der Waals surface area contributed by atoms with E-state index in [1.54, 1.807) is 13.8 Å². The SMILES string of the molecule is CC(C)C(=O)N1CCOc2ccc(C(F)(F)F)cc21. The van der Waals surface area contributed by atoms with Gasteiger partial charge in [-0.05, 0) is 18.2 Å². The second-order valence-corrected chi connectivity index (χ2v) is 4.67. The van der Waals surface area contributed by atoms with Crippen molar-refractivity contribution in [1.29, 1.82) is 0 Å². The molecule has 1 heterocycles. The molecule has 1 aromatic carbocycles. The summed E-state index contributed by atoms with van der Waals surface area (Å²) in [6.45, 7) is 3.98. The standard InChI is InChI=1S/C13H14F3NO2/c1-8(2)12(18)17-5-6-19-11-4-3-9(7-10(11)17)13(14,15)16/h3-4,7-8H,5-6H2,1-2H3. The van der Waals surface area contributed by atoms with Crippen molar-refractivity contribution in [2.75, 3.05) is 18.1 Å². The van der Waals surface area contributed by atoms with Gasteiger partial charge in [0.1, 0.15) is 12.4 Å². The number of benzene rings is 1. The third-order valence-corrected chi connectivity index (χ3v) is 2.91. The van der Waals surface area contributed by atoms with E-state index in [9.17, 15) is 18.0 Å². The minimum absolute atomic E-state index is 0.194. The zero-order valence-electron chi connectivity index (χ0n) is 10.6. The quantitative estimate of drug-likeness (QED) is 0.787. The largest absolute Gasteiger partial charge is 0.490 e. The number of nitrogens with zero attached hydrogens (tertiary/aromatic N) is 1. The van der Waals surface area contributed by atoms with Gasteiger partial charge < -0.3 is 9.64 Å². The molecule has 0 radical (unpaired) electrons. The van der Waals surface area contributed by atoms with Gasteiger partial charge in [-0.25, -0.2) is 0 Å². The van der Waals surface area contributed by atoms with Crippen LogP contribution < -0.4 is 9.64 Å². The van der Waals surface area contributed by atoms with Crippen molar-refractivity contribution >= 4 is 11.6 Å². The molecule has 104 valence electrons. The number of rotatable bonds is 1. The molecule has 0 spiro atoms. The molecular formula is C13H14F3NO2. The molecule has 19 heavy (non-hydrogen) atoms. The molecule has 0 N–H and O–H groups in total. The van der Waals surface area contributed by atoms with Crippen molar-refractivity contribution < 1.29 is 22.7 Å². The Morgan fingerprint density at radius 2 is 2.05 bits per heavy atom. The predicted molar refractivity (Wildman–Crippen MR) is 64.1 cm³/mol. The smallest absolute Gasteiger partial charge is 0.416 e. The maximum Gasteiger partial charge on any atom is 0.416 e. The first kappa shape index (κ1) is 13.7. The first-order chi connectivity index (χ1) is 8.80. The van der Waals surface area contributed by atoms with E-state index in [2.05, 4.69) is 0 Å². The number of anilines is 1. The van der Waals surface area contributed by atoms with Crippen LogP contribution in [0.25, 0.3) is 0 Å². The number of fused-ring (bicyclic) bond motifs is 1. The first-order valence-corrected chi connectivity index (χ1v) is 5.96. The topological polar surface area (TPSA) is 29.5 Å². The van der Waals surface area contributed by atoms with Gasteiger partial charge in [-0.3, -0.25) is 4.79 Å². The number of hydrogen-bond acceptors (Lipinski definition) is 2. The average Bonchev–Trinajstić information content (AvgIpc) is 2.35. The number of carbonyl (C=O) groups is 1. The Morgan fingerprint density at radius 3 is 2.63 bits per heavy atom. The van der Waals surface area contributed by atoms with Crippen molar-refractivity contribution in [2.45, 2.75) is 20.0 Å². The van der Waals surface area contributed by atoms with E-state index >= 15 is 0 Å². The van der Waals surface area contributed by atoms with E-state index in [-0.39, 0.29) is 30.7 Å². The van der Waals surface area contributed by atoms with Crippen LogP contribution in [0.15, 0.2) is 18.2 Å². The summed E-state index contributed by atoms with van der Waals surface area (Å²) < 4.78 is 43.4. The number of alkyl halides is 3. The molecule has 0 fully saturated rings. The highest BCUT2D eigenvalue weighted by molar-refractivity contribution is 5.96. The van der Waals surface area contributed by atoms with Gasteiger partial charge in [-0.15, -0.1) is 0 Å². The maximum absolute atomic E-state index is 12.7. The number of amides is 1. The molecule has 3 nitrogen and oxygen atoms in total. The Morgan fingerprint density at radius 1 is 1.37 bits per heavy atom. The lowest BCUT2D eigenvalue weighted by Gasteiger charge is -2.31. The van der Waals surface area contributed by atoms with E-state index in [0.29, 0.717) is 5.75 Å². The van der Waals surface area contributed by atoms with Crippen LogP contribution in [0, 0.1) is 5.92 Å². The number of halogens is 3. The molecule has 0 unspecified atom stereocenters. The summed E-state index contributed by atoms with van der Waals surface area (Å²) in [4.78, 5) is 13.4. The summed E-state index contributed by atoms with van der Waals surface area (Å²) >= 11 is 0. The van der Waals surface area contributed by atoms with Gasteiger partial charge >= 0.3 is 6.18 Å². The van der Waals surface area contributed by atoms with E-state index in [0.717, 1.165) is 12.1 Å². The summed E-state index contributed by atoms with van der Waals surface area (Å²) in [5.74, 6) is -0.169. The Labute approximate surface area is 109 Å². The monoisotopic (exact) mass is 273 g/mol. The van der Waals surface area contributed by atoms with E-state index in [4.69, 9.17) is 4.74 Å². The maximum atomic E-state index is 12.7. The van der Waals surface area contributed by atoms with Crippen LogP contribution in [0.3, 0.4) is 0 Å². The molecule has 6 heteroatoms. The molecule has 0 atom stereocenters. The molecule has 1 aliphatic rings. The van der Waals surface area contributed by atoms with Gasteiger partial charge in [-0.1, -0.05) is 13.8 Å². The molecule has 1 amide bonds. The van der Waals surface area contributed by atoms with Crippen molar-refractivity contribution in [3.8, 4) is 5.75 Å². The fourth-order valence-electron chi connectivity index (χ4n) is 1.93. The molecule has 0 bridgehead atoms. The molecule has 0 saturated heterocycles. The third-order valence-electron chi connectivity index (χ3n) is 2.91. The second-order valence-electron chi connectivity index (χ2n) is 4.67. The molecular weight excluding hydrogens is 259 g/mol. The summed E-state index contributed by atoms with van der Waals surface area (Å²) in [5, 5.41) is 0. The van der Waals surface area contributed by atoms with Crippen molar-refractivity contribution in [3.05, 3.63) is 23.8 Å². The fraction of sp³-hybridized carbons (Fsp3) is 0.462. The highest BCUT2D eigenvalue weighted by atomic mass is 19.4. The highest BCUT2D eigenvalue weighted by Gasteiger charge is 2.33. The molecule has 0 saturated carbocycles. The van der Waals surface area contributed by atoms with E-state index in [1.807, 2.05) is 0 Å². The lowest BCUT2D eigenvalue weighted by molar-refractivity contribution is -0.137. The Balaban J connectivity index is 2.44. The number of hydrogen-bond donors (Lipinski definition) is 0. The Hall–Kier alpha value is -1.72. The normalized spacial score (nSPS) is 15.2. The van der Waals surface area contributed by atoms with Gasteiger partial charge in [0.25, 0.3) is 0 Å². The summed E-state index contributed by atoms with van der Waals surface area (Å²) in [6, 6.07) is 3.19. The van der Waals surface area contributed by atoms with E-state index < -0.39 is 11.7 Å². The molecule has 0 aliphatic carbocycles. The highest BCUT2D eigenvalue weighted by Crippen LogP contribution is 2.38. The van der Waals surface area contributed by atoms with Gasteiger partial charge in [0.2, 0.25) is 5.91 Å². The molecule has 1 aliphatic heterocycles. The lowest BCUT2D eigenvalue weighted by Crippen LogP contribution is -2.40. The van der Waals surface area contributed by atoms with Crippen molar-refractivity contribution in [1.82, 2.24) is 0 Å². The zero-order valence-corrected chi connectivity index (χ0v) is 10.6. The van der Waals surface area contributed by atoms with Crippen molar-refractivity contribution in [2.24, 2.45) is 5.92 Å². The van der Waals surface area contributed by atoms with Gasteiger partial charge in [0.15, 0.2) is 0 Å². The minimum atomic E-state index is -4.43. The van der Waals surface area contributed by atoms with Crippen LogP contribution in [0.2, 0.25) is 0 Å². The van der Waals surface area contributed by atoms with Gasteiger partial charge in [0, 0.05) is 5.92 Å². The van der Waals surface area contributed by atoms with Crippen LogP contribution in [-0.4, -0.2) is 19.1 Å².